The summed E-state index contributed by atoms with van der Waals surface area (Å²) in [7, 11) is 0. The van der Waals surface area contributed by atoms with Crippen molar-refractivity contribution in [2.45, 2.75) is 6.92 Å². The second kappa shape index (κ2) is 7.39. The second-order valence-corrected chi connectivity index (χ2v) is 6.11. The maximum atomic E-state index is 12.7. The molecule has 4 rings (SSSR count). The average molecular weight is 390 g/mol. The Kier molecular flexibility index (Phi) is 4.62. The van der Waals surface area contributed by atoms with E-state index in [-0.39, 0.29) is 5.76 Å². The van der Waals surface area contributed by atoms with Gasteiger partial charge in [-0.25, -0.2) is 10.4 Å². The molecule has 0 aliphatic carbocycles. The van der Waals surface area contributed by atoms with Crippen LogP contribution in [-0.4, -0.2) is 22.0 Å². The molecule has 0 unspecified atom stereocenters. The Morgan fingerprint density at radius 3 is 2.72 bits per heavy atom. The lowest BCUT2D eigenvalue weighted by Crippen LogP contribution is -2.18. The van der Waals surface area contributed by atoms with Crippen LogP contribution in [0.3, 0.4) is 0 Å². The molecule has 0 saturated heterocycles. The van der Waals surface area contributed by atoms with Crippen molar-refractivity contribution in [2.75, 3.05) is 0 Å². The van der Waals surface area contributed by atoms with Crippen LogP contribution in [0.2, 0.25) is 0 Å². The summed E-state index contributed by atoms with van der Waals surface area (Å²) in [5.74, 6) is 0.553. The number of nitrogens with one attached hydrogen (secondary N) is 1. The fourth-order valence-electron chi connectivity index (χ4n) is 2.79. The summed E-state index contributed by atoms with van der Waals surface area (Å²) in [6.07, 6.45) is 1.19. The lowest BCUT2D eigenvalue weighted by atomic mass is 10.1. The van der Waals surface area contributed by atoms with E-state index in [0.29, 0.717) is 27.9 Å². The van der Waals surface area contributed by atoms with E-state index in [1.807, 2.05) is 25.1 Å². The number of rotatable bonds is 5. The SMILES string of the molecule is Cc1ccc(-c2cc(C(=O)N/N=C\c3ccc([N+](=O)[O-])o3)c3ccccc3n2)o1. The molecule has 1 aromatic carbocycles. The van der Waals surface area contributed by atoms with Gasteiger partial charge in [-0.2, -0.15) is 5.10 Å². The van der Waals surface area contributed by atoms with Crippen molar-refractivity contribution < 1.29 is 18.6 Å². The molecule has 3 heterocycles. The Morgan fingerprint density at radius 1 is 1.17 bits per heavy atom. The Balaban J connectivity index is 1.63. The zero-order chi connectivity index (χ0) is 20.4. The van der Waals surface area contributed by atoms with E-state index >= 15 is 0 Å². The average Bonchev–Trinajstić information content (AvgIpc) is 3.36. The van der Waals surface area contributed by atoms with Gasteiger partial charge in [-0.3, -0.25) is 14.9 Å². The first kappa shape index (κ1) is 18.1. The van der Waals surface area contributed by atoms with Gasteiger partial charge >= 0.3 is 5.88 Å². The number of para-hydroxylation sites is 1. The summed E-state index contributed by atoms with van der Waals surface area (Å²) in [5, 5.41) is 15.1. The fraction of sp³-hybridized carbons (Fsp3) is 0.0500. The number of aromatic nitrogens is 1. The van der Waals surface area contributed by atoms with Crippen LogP contribution >= 0.6 is 0 Å². The molecule has 0 radical (unpaired) electrons. The zero-order valence-corrected chi connectivity index (χ0v) is 15.2. The highest BCUT2D eigenvalue weighted by Crippen LogP contribution is 2.26. The van der Waals surface area contributed by atoms with Crippen molar-refractivity contribution in [1.29, 1.82) is 0 Å². The Morgan fingerprint density at radius 2 is 2.00 bits per heavy atom. The van der Waals surface area contributed by atoms with Gasteiger partial charge in [0.1, 0.15) is 16.4 Å². The lowest BCUT2D eigenvalue weighted by molar-refractivity contribution is -0.402. The number of benzene rings is 1. The maximum Gasteiger partial charge on any atom is 0.433 e. The van der Waals surface area contributed by atoms with Gasteiger partial charge in [0.15, 0.2) is 11.5 Å². The van der Waals surface area contributed by atoms with Crippen LogP contribution in [0.1, 0.15) is 21.9 Å². The molecule has 1 amide bonds. The molecule has 0 fully saturated rings. The number of nitro groups is 1. The first-order chi connectivity index (χ1) is 14.0. The highest BCUT2D eigenvalue weighted by atomic mass is 16.6. The van der Waals surface area contributed by atoms with Crippen molar-refractivity contribution in [3.63, 3.8) is 0 Å². The van der Waals surface area contributed by atoms with Gasteiger partial charge in [0.2, 0.25) is 0 Å². The first-order valence-corrected chi connectivity index (χ1v) is 8.55. The van der Waals surface area contributed by atoms with E-state index in [9.17, 15) is 14.9 Å². The number of amides is 1. The van der Waals surface area contributed by atoms with Gasteiger partial charge in [-0.1, -0.05) is 18.2 Å². The molecule has 1 N–H and O–H groups in total. The van der Waals surface area contributed by atoms with Crippen LogP contribution in [0.5, 0.6) is 0 Å². The molecule has 0 spiro atoms. The standard InChI is InChI=1S/C20H14N4O5/c1-12-6-8-18(28-12)17-10-15(14-4-2-3-5-16(14)22-17)20(25)23-21-11-13-7-9-19(29-13)24(26)27/h2-11H,1H3,(H,23,25)/b21-11-. The third-order valence-corrected chi connectivity index (χ3v) is 4.10. The molecule has 29 heavy (non-hydrogen) atoms. The number of pyridine rings is 1. The minimum atomic E-state index is -0.656. The normalized spacial score (nSPS) is 11.2. The number of nitrogens with zero attached hydrogens (tertiary/aromatic N) is 3. The second-order valence-electron chi connectivity index (χ2n) is 6.11. The number of hydrogen-bond acceptors (Lipinski definition) is 7. The molecule has 9 nitrogen and oxygen atoms in total. The fourth-order valence-corrected chi connectivity index (χ4v) is 2.79. The maximum absolute atomic E-state index is 12.7. The Bertz CT molecular complexity index is 1250. The van der Waals surface area contributed by atoms with Crippen molar-refractivity contribution in [2.24, 2.45) is 5.10 Å². The number of hydrazone groups is 1. The predicted octanol–water partition coefficient (Wildman–Crippen LogP) is 4.07. The van der Waals surface area contributed by atoms with Crippen LogP contribution in [0, 0.1) is 17.0 Å². The molecule has 0 bridgehead atoms. The molecule has 4 aromatic rings. The quantitative estimate of drug-likeness (QED) is 0.311. The largest absolute Gasteiger partial charge is 0.460 e. The van der Waals surface area contributed by atoms with E-state index < -0.39 is 16.7 Å². The highest BCUT2D eigenvalue weighted by Gasteiger charge is 2.15. The summed E-state index contributed by atoms with van der Waals surface area (Å²) in [5.41, 5.74) is 3.92. The number of aryl methyl sites for hydroxylation is 1. The zero-order valence-electron chi connectivity index (χ0n) is 15.2. The van der Waals surface area contributed by atoms with Crippen molar-refractivity contribution >= 4 is 28.9 Å². The molecular formula is C20H14N4O5. The highest BCUT2D eigenvalue weighted by molar-refractivity contribution is 6.07. The van der Waals surface area contributed by atoms with Crippen molar-refractivity contribution in [3.8, 4) is 11.5 Å². The summed E-state index contributed by atoms with van der Waals surface area (Å²) in [6.45, 7) is 1.83. The topological polar surface area (TPSA) is 124 Å². The van der Waals surface area contributed by atoms with Gasteiger partial charge in [0.05, 0.1) is 23.4 Å². The molecular weight excluding hydrogens is 376 g/mol. The molecule has 9 heteroatoms. The van der Waals surface area contributed by atoms with E-state index in [1.54, 1.807) is 24.3 Å². The van der Waals surface area contributed by atoms with Crippen LogP contribution in [0.4, 0.5) is 5.88 Å². The number of carbonyl (C=O) groups is 1. The van der Waals surface area contributed by atoms with Gasteiger partial charge in [-0.15, -0.1) is 0 Å². The summed E-state index contributed by atoms with van der Waals surface area (Å²) in [6, 6.07) is 15.0. The van der Waals surface area contributed by atoms with Crippen LogP contribution in [-0.2, 0) is 0 Å². The van der Waals surface area contributed by atoms with Crippen molar-refractivity contribution in [3.05, 3.63) is 81.8 Å². The Labute approximate surface area is 163 Å². The van der Waals surface area contributed by atoms with Crippen molar-refractivity contribution in [1.82, 2.24) is 10.4 Å². The van der Waals surface area contributed by atoms with Gasteiger partial charge < -0.3 is 8.83 Å². The number of carbonyl (C=O) groups excluding carboxylic acids is 1. The van der Waals surface area contributed by atoms with Gasteiger partial charge in [-0.05, 0) is 37.3 Å². The van der Waals surface area contributed by atoms with Crippen LogP contribution in [0.25, 0.3) is 22.4 Å². The minimum Gasteiger partial charge on any atom is -0.460 e. The molecule has 3 aromatic heterocycles. The van der Waals surface area contributed by atoms with E-state index in [2.05, 4.69) is 15.5 Å². The lowest BCUT2D eigenvalue weighted by Gasteiger charge is -2.07. The van der Waals surface area contributed by atoms with E-state index in [1.165, 1.54) is 18.3 Å². The van der Waals surface area contributed by atoms with Crippen LogP contribution < -0.4 is 5.43 Å². The summed E-state index contributed by atoms with van der Waals surface area (Å²) < 4.78 is 10.6. The number of hydrogen-bond donors (Lipinski definition) is 1. The van der Waals surface area contributed by atoms with E-state index in [0.717, 1.165) is 5.76 Å². The van der Waals surface area contributed by atoms with Gasteiger partial charge in [0.25, 0.3) is 5.91 Å². The summed E-state index contributed by atoms with van der Waals surface area (Å²) >= 11 is 0. The first-order valence-electron chi connectivity index (χ1n) is 8.55. The number of fused-ring (bicyclic) bond motifs is 1. The van der Waals surface area contributed by atoms with Crippen LogP contribution in [0.15, 0.2) is 68.5 Å². The smallest absolute Gasteiger partial charge is 0.433 e. The molecule has 144 valence electrons. The molecule has 0 aliphatic rings. The van der Waals surface area contributed by atoms with Gasteiger partial charge in [0, 0.05) is 5.39 Å². The molecule has 0 saturated carbocycles. The molecule has 0 atom stereocenters. The summed E-state index contributed by atoms with van der Waals surface area (Å²) in [4.78, 5) is 27.3. The monoisotopic (exact) mass is 390 g/mol. The Hall–Kier alpha value is -4.27. The van der Waals surface area contributed by atoms with E-state index in [4.69, 9.17) is 8.83 Å². The number of furan rings is 2. The predicted molar refractivity (Wildman–Crippen MR) is 105 cm³/mol. The third-order valence-electron chi connectivity index (χ3n) is 4.10. The third kappa shape index (κ3) is 3.74. The minimum absolute atomic E-state index is 0.142. The molecule has 0 aliphatic heterocycles.